The number of rotatable bonds is 8. The zero-order valence-corrected chi connectivity index (χ0v) is 11.1. The Morgan fingerprint density at radius 3 is 2.33 bits per heavy atom. The summed E-state index contributed by atoms with van der Waals surface area (Å²) in [5.41, 5.74) is 0. The fourth-order valence-corrected chi connectivity index (χ4v) is 3.08. The standard InChI is InChI=1S/C10H24N2O2S/c1-5-7-8-12(6-2)15(13,14)10(3)9-11-4/h10-11H,5-9H2,1-4H3. The monoisotopic (exact) mass is 236 g/mol. The maximum Gasteiger partial charge on any atom is 0.217 e. The van der Waals surface area contributed by atoms with Gasteiger partial charge in [0, 0.05) is 19.6 Å². The third kappa shape index (κ3) is 4.49. The molecule has 0 saturated heterocycles. The number of hydrogen-bond acceptors (Lipinski definition) is 3. The van der Waals surface area contributed by atoms with E-state index in [9.17, 15) is 8.42 Å². The number of nitrogens with zero attached hydrogens (tertiary/aromatic N) is 1. The van der Waals surface area contributed by atoms with Crippen molar-refractivity contribution in [3.05, 3.63) is 0 Å². The molecule has 0 radical (unpaired) electrons. The maximum atomic E-state index is 12.0. The van der Waals surface area contributed by atoms with E-state index >= 15 is 0 Å². The van der Waals surface area contributed by atoms with Crippen LogP contribution >= 0.6 is 0 Å². The number of nitrogens with one attached hydrogen (secondary N) is 1. The van der Waals surface area contributed by atoms with Gasteiger partial charge in [-0.1, -0.05) is 20.3 Å². The van der Waals surface area contributed by atoms with E-state index in [1.807, 2.05) is 6.92 Å². The zero-order chi connectivity index (χ0) is 11.9. The maximum absolute atomic E-state index is 12.0. The summed E-state index contributed by atoms with van der Waals surface area (Å²) >= 11 is 0. The van der Waals surface area contributed by atoms with Crippen molar-refractivity contribution >= 4 is 10.0 Å². The zero-order valence-electron chi connectivity index (χ0n) is 10.3. The smallest absolute Gasteiger partial charge is 0.217 e. The second-order valence-corrected chi connectivity index (χ2v) is 6.11. The summed E-state index contributed by atoms with van der Waals surface area (Å²) in [6, 6.07) is 0. The highest BCUT2D eigenvalue weighted by molar-refractivity contribution is 7.89. The van der Waals surface area contributed by atoms with Gasteiger partial charge in [0.1, 0.15) is 0 Å². The molecule has 0 saturated carbocycles. The lowest BCUT2D eigenvalue weighted by molar-refractivity contribution is 0.411. The highest BCUT2D eigenvalue weighted by Gasteiger charge is 2.26. The molecule has 0 heterocycles. The van der Waals surface area contributed by atoms with Crippen LogP contribution in [-0.4, -0.2) is 44.7 Å². The Labute approximate surface area is 94.1 Å². The molecule has 0 amide bonds. The van der Waals surface area contributed by atoms with Crippen LogP contribution in [0.15, 0.2) is 0 Å². The van der Waals surface area contributed by atoms with Crippen molar-refractivity contribution in [2.45, 2.75) is 38.9 Å². The molecule has 4 nitrogen and oxygen atoms in total. The van der Waals surface area contributed by atoms with Gasteiger partial charge in [0.25, 0.3) is 0 Å². The summed E-state index contributed by atoms with van der Waals surface area (Å²) in [5.74, 6) is 0. The van der Waals surface area contributed by atoms with Gasteiger partial charge in [-0.05, 0) is 20.4 Å². The van der Waals surface area contributed by atoms with Gasteiger partial charge in [0.05, 0.1) is 5.25 Å². The van der Waals surface area contributed by atoms with Gasteiger partial charge < -0.3 is 5.32 Å². The molecular formula is C10H24N2O2S. The van der Waals surface area contributed by atoms with Crippen molar-refractivity contribution in [2.24, 2.45) is 0 Å². The van der Waals surface area contributed by atoms with Crippen LogP contribution in [0.4, 0.5) is 0 Å². The average Bonchev–Trinajstić information content (AvgIpc) is 2.19. The molecule has 5 heteroatoms. The average molecular weight is 236 g/mol. The molecule has 92 valence electrons. The van der Waals surface area contributed by atoms with Gasteiger partial charge in [-0.15, -0.1) is 0 Å². The fourth-order valence-electron chi connectivity index (χ4n) is 1.45. The molecular weight excluding hydrogens is 212 g/mol. The van der Waals surface area contributed by atoms with Crippen LogP contribution in [0.1, 0.15) is 33.6 Å². The lowest BCUT2D eigenvalue weighted by atomic mass is 10.3. The van der Waals surface area contributed by atoms with E-state index < -0.39 is 10.0 Å². The predicted octanol–water partition coefficient (Wildman–Crippen LogP) is 1.05. The summed E-state index contributed by atoms with van der Waals surface area (Å²) in [6.45, 7) is 7.42. The van der Waals surface area contributed by atoms with E-state index in [-0.39, 0.29) is 5.25 Å². The Morgan fingerprint density at radius 1 is 1.33 bits per heavy atom. The van der Waals surface area contributed by atoms with Crippen LogP contribution in [0.3, 0.4) is 0 Å². The summed E-state index contributed by atoms with van der Waals surface area (Å²) in [7, 11) is -1.34. The van der Waals surface area contributed by atoms with Gasteiger partial charge in [-0.2, -0.15) is 0 Å². The lowest BCUT2D eigenvalue weighted by Gasteiger charge is -2.24. The summed E-state index contributed by atoms with van der Waals surface area (Å²) < 4.78 is 25.7. The topological polar surface area (TPSA) is 49.4 Å². The molecule has 0 aromatic rings. The SMILES string of the molecule is CCCCN(CC)S(=O)(=O)C(C)CNC. The first kappa shape index (κ1) is 14.9. The summed E-state index contributed by atoms with van der Waals surface area (Å²) in [6.07, 6.45) is 1.95. The Bertz CT molecular complexity index is 252. The van der Waals surface area contributed by atoms with Crippen LogP contribution < -0.4 is 5.32 Å². The number of sulfonamides is 1. The number of unbranched alkanes of at least 4 members (excludes halogenated alkanes) is 1. The lowest BCUT2D eigenvalue weighted by Crippen LogP contribution is -2.41. The van der Waals surface area contributed by atoms with Crippen LogP contribution in [-0.2, 0) is 10.0 Å². The van der Waals surface area contributed by atoms with E-state index in [0.29, 0.717) is 19.6 Å². The Hall–Kier alpha value is -0.130. The van der Waals surface area contributed by atoms with Crippen molar-refractivity contribution in [3.8, 4) is 0 Å². The minimum atomic E-state index is -3.11. The minimum Gasteiger partial charge on any atom is -0.318 e. The first-order valence-electron chi connectivity index (χ1n) is 5.64. The molecule has 0 aromatic heterocycles. The Morgan fingerprint density at radius 2 is 1.93 bits per heavy atom. The molecule has 0 spiro atoms. The largest absolute Gasteiger partial charge is 0.318 e. The van der Waals surface area contributed by atoms with Crippen LogP contribution in [0.25, 0.3) is 0 Å². The summed E-state index contributed by atoms with van der Waals surface area (Å²) in [4.78, 5) is 0. The third-order valence-electron chi connectivity index (χ3n) is 2.47. The van der Waals surface area contributed by atoms with E-state index in [1.165, 1.54) is 0 Å². The quantitative estimate of drug-likeness (QED) is 0.685. The Kier molecular flexibility index (Phi) is 7.13. The van der Waals surface area contributed by atoms with Gasteiger partial charge in [-0.3, -0.25) is 0 Å². The molecule has 0 fully saturated rings. The first-order chi connectivity index (χ1) is 7.00. The normalized spacial score (nSPS) is 14.5. The molecule has 1 N–H and O–H groups in total. The van der Waals surface area contributed by atoms with Gasteiger partial charge in [0.2, 0.25) is 10.0 Å². The van der Waals surface area contributed by atoms with E-state index in [1.54, 1.807) is 18.3 Å². The van der Waals surface area contributed by atoms with Crippen LogP contribution in [0.2, 0.25) is 0 Å². The fraction of sp³-hybridized carbons (Fsp3) is 1.00. The first-order valence-corrected chi connectivity index (χ1v) is 7.14. The van der Waals surface area contributed by atoms with E-state index in [0.717, 1.165) is 12.8 Å². The molecule has 15 heavy (non-hydrogen) atoms. The van der Waals surface area contributed by atoms with Gasteiger partial charge in [-0.25, -0.2) is 12.7 Å². The second kappa shape index (κ2) is 7.19. The van der Waals surface area contributed by atoms with Gasteiger partial charge in [0.15, 0.2) is 0 Å². The van der Waals surface area contributed by atoms with E-state index in [2.05, 4.69) is 12.2 Å². The molecule has 0 aromatic carbocycles. The molecule has 0 rings (SSSR count). The van der Waals surface area contributed by atoms with Crippen molar-refractivity contribution in [2.75, 3.05) is 26.7 Å². The molecule has 0 aliphatic heterocycles. The molecule has 0 aliphatic carbocycles. The molecule has 1 unspecified atom stereocenters. The highest BCUT2D eigenvalue weighted by Crippen LogP contribution is 2.09. The van der Waals surface area contributed by atoms with Crippen molar-refractivity contribution in [1.82, 2.24) is 9.62 Å². The molecule has 0 aliphatic rings. The minimum absolute atomic E-state index is 0.348. The molecule has 1 atom stereocenters. The van der Waals surface area contributed by atoms with Crippen molar-refractivity contribution < 1.29 is 8.42 Å². The van der Waals surface area contributed by atoms with Crippen LogP contribution in [0, 0.1) is 0 Å². The second-order valence-electron chi connectivity index (χ2n) is 3.76. The number of hydrogen-bond donors (Lipinski definition) is 1. The van der Waals surface area contributed by atoms with Crippen molar-refractivity contribution in [1.29, 1.82) is 0 Å². The van der Waals surface area contributed by atoms with Crippen LogP contribution in [0.5, 0.6) is 0 Å². The highest BCUT2D eigenvalue weighted by atomic mass is 32.2. The van der Waals surface area contributed by atoms with Crippen molar-refractivity contribution in [3.63, 3.8) is 0 Å². The Balaban J connectivity index is 4.50. The molecule has 0 bridgehead atoms. The predicted molar refractivity (Wildman–Crippen MR) is 64.5 cm³/mol. The summed E-state index contributed by atoms with van der Waals surface area (Å²) in [5, 5.41) is 2.55. The van der Waals surface area contributed by atoms with Gasteiger partial charge >= 0.3 is 0 Å². The third-order valence-corrected chi connectivity index (χ3v) is 4.82. The van der Waals surface area contributed by atoms with E-state index in [4.69, 9.17) is 0 Å².